The molecule has 142 valence electrons. The van der Waals surface area contributed by atoms with Gasteiger partial charge in [-0.25, -0.2) is 0 Å². The van der Waals surface area contributed by atoms with E-state index in [0.29, 0.717) is 0 Å². The predicted octanol–water partition coefficient (Wildman–Crippen LogP) is 4.76. The van der Waals surface area contributed by atoms with Crippen molar-refractivity contribution in [3.63, 3.8) is 0 Å². The zero-order chi connectivity index (χ0) is 19.0. The molecule has 2 aliphatic rings. The van der Waals surface area contributed by atoms with Gasteiger partial charge < -0.3 is 14.2 Å². The van der Waals surface area contributed by atoms with Gasteiger partial charge in [0, 0.05) is 29.2 Å². The van der Waals surface area contributed by atoms with E-state index in [1.807, 2.05) is 12.1 Å². The molecule has 2 aromatic carbocycles. The van der Waals surface area contributed by atoms with Gasteiger partial charge in [0.25, 0.3) is 5.69 Å². The van der Waals surface area contributed by atoms with E-state index in [-0.39, 0.29) is 28.7 Å². The maximum Gasteiger partial charge on any atom is 0.269 e. The van der Waals surface area contributed by atoms with Crippen LogP contribution in [0.1, 0.15) is 54.4 Å². The van der Waals surface area contributed by atoms with Crippen molar-refractivity contribution in [3.8, 4) is 11.5 Å². The molecule has 1 heterocycles. The topological polar surface area (TPSA) is 70.8 Å². The Balaban J connectivity index is 1.87. The molecule has 1 fully saturated rings. The summed E-state index contributed by atoms with van der Waals surface area (Å²) in [6.07, 6.45) is 4.18. The highest BCUT2D eigenvalue weighted by molar-refractivity contribution is 5.56. The standard InChI is InChI=1S/C21H23NO5/c1-25-17-11-12-18(26-2)20-19(17)15-5-3-4-6-16(15)27-21(20)13-7-9-14(10-8-13)22(23)24/h7-12,15-16,21H,3-6H2,1-2H3/t15-,16+,21+/m1/s1. The molecule has 0 saturated heterocycles. The van der Waals surface area contributed by atoms with Crippen LogP contribution in [-0.2, 0) is 4.74 Å². The second-order valence-electron chi connectivity index (χ2n) is 7.09. The Hall–Kier alpha value is -2.60. The fourth-order valence-electron chi connectivity index (χ4n) is 4.45. The van der Waals surface area contributed by atoms with Crippen LogP contribution in [-0.4, -0.2) is 25.2 Å². The summed E-state index contributed by atoms with van der Waals surface area (Å²) < 4.78 is 17.9. The fourth-order valence-corrected chi connectivity index (χ4v) is 4.45. The minimum atomic E-state index is -0.389. The Labute approximate surface area is 158 Å². The van der Waals surface area contributed by atoms with Crippen LogP contribution in [0.25, 0.3) is 0 Å². The monoisotopic (exact) mass is 369 g/mol. The number of non-ortho nitro benzene ring substituents is 1. The number of hydrogen-bond acceptors (Lipinski definition) is 5. The average molecular weight is 369 g/mol. The van der Waals surface area contributed by atoms with Crippen LogP contribution in [0.15, 0.2) is 36.4 Å². The van der Waals surface area contributed by atoms with Crippen molar-refractivity contribution in [2.75, 3.05) is 14.2 Å². The highest BCUT2D eigenvalue weighted by atomic mass is 16.6. The maximum atomic E-state index is 11.0. The number of nitrogens with zero attached hydrogens (tertiary/aromatic N) is 1. The summed E-state index contributed by atoms with van der Waals surface area (Å²) >= 11 is 0. The largest absolute Gasteiger partial charge is 0.496 e. The lowest BCUT2D eigenvalue weighted by Gasteiger charge is -2.42. The van der Waals surface area contributed by atoms with E-state index in [0.717, 1.165) is 47.5 Å². The van der Waals surface area contributed by atoms with Gasteiger partial charge in [-0.2, -0.15) is 0 Å². The second kappa shape index (κ2) is 7.19. The van der Waals surface area contributed by atoms with E-state index in [2.05, 4.69) is 0 Å². The van der Waals surface area contributed by atoms with Gasteiger partial charge in [0.1, 0.15) is 17.6 Å². The first-order chi connectivity index (χ1) is 13.1. The van der Waals surface area contributed by atoms with Crippen LogP contribution in [0.2, 0.25) is 0 Å². The second-order valence-corrected chi connectivity index (χ2v) is 7.09. The van der Waals surface area contributed by atoms with Crippen molar-refractivity contribution < 1.29 is 19.1 Å². The maximum absolute atomic E-state index is 11.0. The molecular formula is C21H23NO5. The molecule has 3 atom stereocenters. The van der Waals surface area contributed by atoms with Gasteiger partial charge in [0.15, 0.2) is 0 Å². The summed E-state index contributed by atoms with van der Waals surface area (Å²) in [7, 11) is 3.35. The molecule has 4 rings (SSSR count). The third-order valence-corrected chi connectivity index (χ3v) is 5.70. The first-order valence-corrected chi connectivity index (χ1v) is 9.28. The number of benzene rings is 2. The molecule has 0 unspecified atom stereocenters. The third-order valence-electron chi connectivity index (χ3n) is 5.70. The van der Waals surface area contributed by atoms with Gasteiger partial charge in [0.2, 0.25) is 0 Å². The third kappa shape index (κ3) is 3.04. The Kier molecular flexibility index (Phi) is 4.74. The van der Waals surface area contributed by atoms with Gasteiger partial charge in [0.05, 0.1) is 25.2 Å². The lowest BCUT2D eigenvalue weighted by Crippen LogP contribution is -2.34. The molecule has 6 nitrogen and oxygen atoms in total. The molecule has 2 aromatic rings. The van der Waals surface area contributed by atoms with E-state index in [4.69, 9.17) is 14.2 Å². The van der Waals surface area contributed by atoms with E-state index in [1.54, 1.807) is 26.4 Å². The minimum Gasteiger partial charge on any atom is -0.496 e. The first kappa shape index (κ1) is 17.8. The molecule has 6 heteroatoms. The number of nitro benzene ring substituents is 1. The lowest BCUT2D eigenvalue weighted by atomic mass is 9.75. The van der Waals surface area contributed by atoms with Crippen LogP contribution >= 0.6 is 0 Å². The summed E-state index contributed by atoms with van der Waals surface area (Å²) in [4.78, 5) is 10.6. The summed E-state index contributed by atoms with van der Waals surface area (Å²) in [5, 5.41) is 11.0. The van der Waals surface area contributed by atoms with Crippen LogP contribution in [0.5, 0.6) is 11.5 Å². The van der Waals surface area contributed by atoms with E-state index >= 15 is 0 Å². The average Bonchev–Trinajstić information content (AvgIpc) is 2.72. The molecule has 0 N–H and O–H groups in total. The van der Waals surface area contributed by atoms with Crippen LogP contribution < -0.4 is 9.47 Å². The van der Waals surface area contributed by atoms with Gasteiger partial charge in [-0.05, 0) is 42.7 Å². The van der Waals surface area contributed by atoms with Crippen molar-refractivity contribution >= 4 is 5.69 Å². The number of nitro groups is 1. The number of hydrogen-bond donors (Lipinski definition) is 0. The number of rotatable bonds is 4. The van der Waals surface area contributed by atoms with Crippen molar-refractivity contribution in [3.05, 3.63) is 63.2 Å². The van der Waals surface area contributed by atoms with Gasteiger partial charge in [-0.3, -0.25) is 10.1 Å². The van der Waals surface area contributed by atoms with E-state index in [9.17, 15) is 10.1 Å². The van der Waals surface area contributed by atoms with Gasteiger partial charge in [-0.1, -0.05) is 12.8 Å². The Morgan fingerprint density at radius 2 is 1.59 bits per heavy atom. The first-order valence-electron chi connectivity index (χ1n) is 9.28. The molecule has 1 aliphatic carbocycles. The molecule has 1 aliphatic heterocycles. The Morgan fingerprint density at radius 1 is 0.963 bits per heavy atom. The Bertz CT molecular complexity index is 848. The zero-order valence-electron chi connectivity index (χ0n) is 15.5. The van der Waals surface area contributed by atoms with Gasteiger partial charge in [-0.15, -0.1) is 0 Å². The van der Waals surface area contributed by atoms with Crippen LogP contribution in [0.3, 0.4) is 0 Å². The highest BCUT2D eigenvalue weighted by Crippen LogP contribution is 2.52. The van der Waals surface area contributed by atoms with Crippen molar-refractivity contribution in [2.24, 2.45) is 0 Å². The molecule has 1 saturated carbocycles. The zero-order valence-corrected chi connectivity index (χ0v) is 15.5. The van der Waals surface area contributed by atoms with Gasteiger partial charge >= 0.3 is 0 Å². The number of fused-ring (bicyclic) bond motifs is 3. The van der Waals surface area contributed by atoms with Crippen molar-refractivity contribution in [1.82, 2.24) is 0 Å². The van der Waals surface area contributed by atoms with Crippen LogP contribution in [0.4, 0.5) is 5.69 Å². The number of ether oxygens (including phenoxy) is 3. The minimum absolute atomic E-state index is 0.0722. The summed E-state index contributed by atoms with van der Waals surface area (Å²) in [5.41, 5.74) is 3.10. The predicted molar refractivity (Wildman–Crippen MR) is 101 cm³/mol. The fraction of sp³-hybridized carbons (Fsp3) is 0.429. The summed E-state index contributed by atoms with van der Waals surface area (Å²) in [6.45, 7) is 0. The normalized spacial score (nSPS) is 23.9. The molecule has 0 spiro atoms. The molecular weight excluding hydrogens is 346 g/mol. The SMILES string of the molecule is COc1ccc(OC)c2c1[C@H](c1ccc([N+](=O)[O-])cc1)O[C@H]1CCCC[C@@H]21. The Morgan fingerprint density at radius 3 is 2.22 bits per heavy atom. The van der Waals surface area contributed by atoms with E-state index in [1.165, 1.54) is 18.6 Å². The highest BCUT2D eigenvalue weighted by Gasteiger charge is 2.41. The molecule has 0 radical (unpaired) electrons. The molecule has 27 heavy (non-hydrogen) atoms. The lowest BCUT2D eigenvalue weighted by molar-refractivity contribution is -0.384. The van der Waals surface area contributed by atoms with E-state index < -0.39 is 0 Å². The summed E-state index contributed by atoms with van der Waals surface area (Å²) in [6, 6.07) is 10.5. The van der Waals surface area contributed by atoms with Crippen molar-refractivity contribution in [2.45, 2.75) is 43.8 Å². The van der Waals surface area contributed by atoms with Crippen LogP contribution in [0, 0.1) is 10.1 Å². The molecule has 0 amide bonds. The molecule has 0 aromatic heterocycles. The smallest absolute Gasteiger partial charge is 0.269 e. The summed E-state index contributed by atoms with van der Waals surface area (Å²) in [5.74, 6) is 1.91. The van der Waals surface area contributed by atoms with Crippen molar-refractivity contribution in [1.29, 1.82) is 0 Å². The number of methoxy groups -OCH3 is 2. The molecule has 0 bridgehead atoms. The quantitative estimate of drug-likeness (QED) is 0.574.